The van der Waals surface area contributed by atoms with E-state index in [2.05, 4.69) is 25.9 Å². The second-order valence-corrected chi connectivity index (χ2v) is 9.31. The molecule has 0 spiro atoms. The van der Waals surface area contributed by atoms with E-state index in [1.165, 1.54) is 0 Å². The van der Waals surface area contributed by atoms with Gasteiger partial charge in [-0.25, -0.2) is 0 Å². The Hall–Kier alpha value is -4.60. The second kappa shape index (κ2) is 10.2. The van der Waals surface area contributed by atoms with Gasteiger partial charge in [0, 0.05) is 53.5 Å². The lowest BCUT2D eigenvalue weighted by atomic mass is 10.0. The number of hydrogen-bond acceptors (Lipinski definition) is 4. The van der Waals surface area contributed by atoms with E-state index in [-0.39, 0.29) is 25.2 Å². The van der Waals surface area contributed by atoms with Gasteiger partial charge in [-0.1, -0.05) is 36.4 Å². The number of primary amides is 1. The number of aromatic amines is 2. The molecule has 5 rings (SSSR count). The molecule has 2 aromatic heterocycles. The van der Waals surface area contributed by atoms with Crippen LogP contribution in [-0.2, 0) is 32.0 Å². The molecule has 1 aliphatic rings. The van der Waals surface area contributed by atoms with Crippen LogP contribution in [0.4, 0.5) is 0 Å². The quantitative estimate of drug-likeness (QED) is 0.203. The maximum absolute atomic E-state index is 13.5. The normalized spacial score (nSPS) is 16.9. The van der Waals surface area contributed by atoms with Crippen LogP contribution in [0.1, 0.15) is 24.0 Å². The molecule has 10 heteroatoms. The fourth-order valence-corrected chi connectivity index (χ4v) is 4.83. The Morgan fingerprint density at radius 1 is 0.865 bits per heavy atom. The van der Waals surface area contributed by atoms with Gasteiger partial charge in [0.15, 0.2) is 0 Å². The van der Waals surface area contributed by atoms with Gasteiger partial charge in [0.25, 0.3) is 0 Å². The summed E-state index contributed by atoms with van der Waals surface area (Å²) in [6.45, 7) is 0. The van der Waals surface area contributed by atoms with Crippen LogP contribution in [-0.4, -0.2) is 51.7 Å². The van der Waals surface area contributed by atoms with Gasteiger partial charge in [-0.2, -0.15) is 0 Å². The van der Waals surface area contributed by atoms with Crippen LogP contribution >= 0.6 is 0 Å². The maximum atomic E-state index is 13.5. The molecule has 0 bridgehead atoms. The fraction of sp³-hybridized carbons (Fsp3) is 0.259. The Morgan fingerprint density at radius 2 is 1.43 bits per heavy atom. The first-order valence-corrected chi connectivity index (χ1v) is 12.2. The highest BCUT2D eigenvalue weighted by Gasteiger charge is 2.32. The molecule has 0 aliphatic carbocycles. The Morgan fingerprint density at radius 3 is 1.97 bits per heavy atom. The summed E-state index contributed by atoms with van der Waals surface area (Å²) in [7, 11) is 0. The molecule has 0 saturated carbocycles. The molecule has 4 amide bonds. The van der Waals surface area contributed by atoms with Crippen molar-refractivity contribution in [3.05, 3.63) is 72.1 Å². The number of H-pyrrole nitrogens is 2. The lowest BCUT2D eigenvalue weighted by Crippen LogP contribution is -2.56. The summed E-state index contributed by atoms with van der Waals surface area (Å²) in [4.78, 5) is 56.7. The van der Waals surface area contributed by atoms with Gasteiger partial charge in [0.05, 0.1) is 0 Å². The number of carbonyl (C=O) groups is 4. The number of nitrogens with two attached hydrogens (primary N) is 1. The second-order valence-electron chi connectivity index (χ2n) is 9.31. The van der Waals surface area contributed by atoms with Crippen molar-refractivity contribution in [2.45, 2.75) is 43.8 Å². The number of nitrogens with one attached hydrogen (secondary N) is 5. The van der Waals surface area contributed by atoms with Crippen molar-refractivity contribution in [1.29, 1.82) is 0 Å². The van der Waals surface area contributed by atoms with Crippen molar-refractivity contribution in [3.8, 4) is 0 Å². The van der Waals surface area contributed by atoms with Crippen LogP contribution in [0.15, 0.2) is 60.9 Å². The molecule has 1 fully saturated rings. The van der Waals surface area contributed by atoms with Crippen LogP contribution in [0.2, 0.25) is 0 Å². The maximum Gasteiger partial charge on any atom is 0.243 e. The molecular formula is C27H28N6O4. The minimum absolute atomic E-state index is 0.181. The predicted molar refractivity (Wildman–Crippen MR) is 138 cm³/mol. The first-order valence-electron chi connectivity index (χ1n) is 12.2. The third-order valence-electron chi connectivity index (χ3n) is 6.80. The van der Waals surface area contributed by atoms with Gasteiger partial charge < -0.3 is 31.7 Å². The van der Waals surface area contributed by atoms with E-state index >= 15 is 0 Å². The van der Waals surface area contributed by atoms with Gasteiger partial charge in [-0.05, 0) is 29.7 Å². The summed E-state index contributed by atoms with van der Waals surface area (Å²) < 4.78 is 0. The van der Waals surface area contributed by atoms with E-state index in [0.29, 0.717) is 6.42 Å². The number of benzene rings is 2. The molecule has 3 atom stereocenters. The van der Waals surface area contributed by atoms with E-state index in [1.54, 1.807) is 12.4 Å². The zero-order chi connectivity index (χ0) is 25.9. The van der Waals surface area contributed by atoms with E-state index in [1.807, 2.05) is 48.5 Å². The molecule has 37 heavy (non-hydrogen) atoms. The van der Waals surface area contributed by atoms with E-state index in [9.17, 15) is 19.2 Å². The van der Waals surface area contributed by atoms with Crippen LogP contribution in [0.25, 0.3) is 21.8 Å². The molecule has 1 saturated heterocycles. The van der Waals surface area contributed by atoms with Crippen molar-refractivity contribution < 1.29 is 19.2 Å². The summed E-state index contributed by atoms with van der Waals surface area (Å²) in [5, 5.41) is 10.0. The highest BCUT2D eigenvalue weighted by Crippen LogP contribution is 2.21. The molecule has 190 valence electrons. The minimum Gasteiger partial charge on any atom is -0.368 e. The molecule has 10 nitrogen and oxygen atoms in total. The van der Waals surface area contributed by atoms with Gasteiger partial charge in [-0.15, -0.1) is 0 Å². The highest BCUT2D eigenvalue weighted by molar-refractivity contribution is 5.96. The molecule has 3 heterocycles. The molecule has 1 aliphatic heterocycles. The summed E-state index contributed by atoms with van der Waals surface area (Å²) in [5.74, 6) is -1.87. The highest BCUT2D eigenvalue weighted by atomic mass is 16.2. The average Bonchev–Trinajstić information content (AvgIpc) is 3.62. The smallest absolute Gasteiger partial charge is 0.243 e. The number of rotatable bonds is 9. The zero-order valence-electron chi connectivity index (χ0n) is 20.0. The Labute approximate surface area is 212 Å². The number of aromatic nitrogens is 2. The minimum atomic E-state index is -0.992. The van der Waals surface area contributed by atoms with Crippen molar-refractivity contribution >= 4 is 45.4 Å². The molecule has 4 aromatic rings. The predicted octanol–water partition coefficient (Wildman–Crippen LogP) is 1.17. The largest absolute Gasteiger partial charge is 0.368 e. The third-order valence-corrected chi connectivity index (χ3v) is 6.80. The standard InChI is InChI=1S/C27H28N6O4/c28-25(35)22(11-15-13-29-19-7-3-1-5-17(15)19)32-27(37)23(33-26(36)21-9-10-24(34)31-21)12-16-14-30-20-8-4-2-6-18(16)20/h1-8,13-14,21-23,29-30H,9-12H2,(H2,28,35)(H,31,34)(H,32,37)(H,33,36)/t21-,22-,23-/m0/s1. The van der Waals surface area contributed by atoms with E-state index in [4.69, 9.17) is 5.73 Å². The van der Waals surface area contributed by atoms with Crippen LogP contribution in [0, 0.1) is 0 Å². The van der Waals surface area contributed by atoms with Gasteiger partial charge in [0.2, 0.25) is 23.6 Å². The monoisotopic (exact) mass is 500 g/mol. The first-order chi connectivity index (χ1) is 17.9. The van der Waals surface area contributed by atoms with Crippen molar-refractivity contribution in [3.63, 3.8) is 0 Å². The summed E-state index contributed by atoms with van der Waals surface area (Å²) in [6.07, 6.45) is 4.58. The van der Waals surface area contributed by atoms with Crippen molar-refractivity contribution in [1.82, 2.24) is 25.9 Å². The Kier molecular flexibility index (Phi) is 6.63. The summed E-state index contributed by atoms with van der Waals surface area (Å²) >= 11 is 0. The molecule has 0 radical (unpaired) electrons. The Bertz CT molecular complexity index is 1490. The summed E-state index contributed by atoms with van der Waals surface area (Å²) in [6, 6.07) is 12.6. The van der Waals surface area contributed by atoms with Gasteiger partial charge >= 0.3 is 0 Å². The Balaban J connectivity index is 1.37. The number of hydrogen-bond donors (Lipinski definition) is 6. The molecule has 7 N–H and O–H groups in total. The molecule has 0 unspecified atom stereocenters. The number of fused-ring (bicyclic) bond motifs is 2. The number of para-hydroxylation sites is 2. The van der Waals surface area contributed by atoms with Gasteiger partial charge in [-0.3, -0.25) is 19.2 Å². The fourth-order valence-electron chi connectivity index (χ4n) is 4.83. The first kappa shape index (κ1) is 24.1. The topological polar surface area (TPSA) is 162 Å². The van der Waals surface area contributed by atoms with Crippen molar-refractivity contribution in [2.75, 3.05) is 0 Å². The van der Waals surface area contributed by atoms with Crippen LogP contribution < -0.4 is 21.7 Å². The molecular weight excluding hydrogens is 472 g/mol. The summed E-state index contributed by atoms with van der Waals surface area (Å²) in [5.41, 5.74) is 9.15. The van der Waals surface area contributed by atoms with Crippen LogP contribution in [0.5, 0.6) is 0 Å². The number of carbonyl (C=O) groups excluding carboxylic acids is 4. The lowest BCUT2D eigenvalue weighted by molar-refractivity contribution is -0.132. The molecule has 2 aromatic carbocycles. The van der Waals surface area contributed by atoms with Gasteiger partial charge in [0.1, 0.15) is 18.1 Å². The zero-order valence-corrected chi connectivity index (χ0v) is 20.0. The van der Waals surface area contributed by atoms with Crippen LogP contribution in [0.3, 0.4) is 0 Å². The van der Waals surface area contributed by atoms with E-state index < -0.39 is 35.8 Å². The van der Waals surface area contributed by atoms with E-state index in [0.717, 1.165) is 32.9 Å². The van der Waals surface area contributed by atoms with Crippen molar-refractivity contribution in [2.24, 2.45) is 5.73 Å². The average molecular weight is 501 g/mol. The SMILES string of the molecule is NC(=O)[C@H](Cc1c[nH]c2ccccc12)NC(=O)[C@H](Cc1c[nH]c2ccccc12)NC(=O)[C@@H]1CCC(=O)N1. The lowest BCUT2D eigenvalue weighted by Gasteiger charge is -2.23. The third kappa shape index (κ3) is 5.18. The number of amides is 4.